The number of aromatic nitrogens is 3. The lowest BCUT2D eigenvalue weighted by molar-refractivity contribution is -0.129. The van der Waals surface area contributed by atoms with Crippen molar-refractivity contribution in [3.8, 4) is 0 Å². The zero-order valence-corrected chi connectivity index (χ0v) is 14.6. The molecule has 2 aliphatic heterocycles. The number of hydrogen-bond acceptors (Lipinski definition) is 5. The van der Waals surface area contributed by atoms with Crippen LogP contribution in [0.15, 0.2) is 29.7 Å². The molecule has 126 valence electrons. The van der Waals surface area contributed by atoms with Crippen LogP contribution in [-0.2, 0) is 4.79 Å². The van der Waals surface area contributed by atoms with Crippen molar-refractivity contribution < 1.29 is 4.79 Å². The van der Waals surface area contributed by atoms with Gasteiger partial charge in [0.25, 0.3) is 5.91 Å². The Hall–Kier alpha value is -2.02. The number of hydrogen-bond donors (Lipinski definition) is 1. The molecule has 0 bridgehead atoms. The Bertz CT molecular complexity index is 786. The van der Waals surface area contributed by atoms with Crippen LogP contribution in [0.4, 0.5) is 5.82 Å². The molecule has 0 spiro atoms. The minimum Gasteiger partial charge on any atom is -0.346 e. The third-order valence-electron chi connectivity index (χ3n) is 4.74. The van der Waals surface area contributed by atoms with Crippen LogP contribution in [0, 0.1) is 0 Å². The van der Waals surface area contributed by atoms with E-state index in [0.717, 1.165) is 53.4 Å². The predicted octanol–water partition coefficient (Wildman–Crippen LogP) is 2.75. The van der Waals surface area contributed by atoms with Gasteiger partial charge in [-0.2, -0.15) is 0 Å². The number of carbonyl (C=O) groups excluding carboxylic acids is 1. The van der Waals surface area contributed by atoms with E-state index in [1.54, 1.807) is 18.1 Å². The Balaban J connectivity index is 1.63. The molecule has 0 aromatic carbocycles. The van der Waals surface area contributed by atoms with Gasteiger partial charge in [0.05, 0.1) is 10.3 Å². The van der Waals surface area contributed by atoms with Gasteiger partial charge in [0.1, 0.15) is 17.8 Å². The fraction of sp³-hybridized carbons (Fsp3) is 0.471. The van der Waals surface area contributed by atoms with Crippen LogP contribution in [-0.4, -0.2) is 50.6 Å². The third kappa shape index (κ3) is 2.77. The molecule has 1 N–H and O–H groups in total. The quantitative estimate of drug-likeness (QED) is 0.908. The summed E-state index contributed by atoms with van der Waals surface area (Å²) in [5.74, 6) is 1.91. The molecule has 1 amide bonds. The SMILES string of the molecule is C[C@H]1CCCCN1C(=O)C1=CN(c2ncnc3[nH]ccc23)CCS1. The number of anilines is 1. The molecule has 1 fully saturated rings. The first-order valence-electron chi connectivity index (χ1n) is 8.44. The second kappa shape index (κ2) is 6.47. The summed E-state index contributed by atoms with van der Waals surface area (Å²) < 4.78 is 0. The highest BCUT2D eigenvalue weighted by Gasteiger charge is 2.28. The standard InChI is InChI=1S/C17H21N5OS/c1-12-4-2-3-7-22(12)17(23)14-10-21(8-9-24-14)16-13-5-6-18-15(13)19-11-20-16/h5-6,10-12H,2-4,7-9H2,1H3,(H,18,19,20)/t12-/m0/s1. The summed E-state index contributed by atoms with van der Waals surface area (Å²) in [6.45, 7) is 3.86. The average molecular weight is 343 g/mol. The van der Waals surface area contributed by atoms with Crippen molar-refractivity contribution >= 4 is 34.5 Å². The first-order valence-corrected chi connectivity index (χ1v) is 9.43. The predicted molar refractivity (Wildman–Crippen MR) is 96.8 cm³/mol. The summed E-state index contributed by atoms with van der Waals surface area (Å²) in [4.78, 5) is 29.6. The molecule has 4 rings (SSSR count). The number of carbonyl (C=O) groups is 1. The molecule has 0 aliphatic carbocycles. The fourth-order valence-electron chi connectivity index (χ4n) is 3.41. The molecule has 0 saturated carbocycles. The van der Waals surface area contributed by atoms with Gasteiger partial charge in [-0.1, -0.05) is 0 Å². The van der Waals surface area contributed by atoms with Crippen LogP contribution in [0.5, 0.6) is 0 Å². The summed E-state index contributed by atoms with van der Waals surface area (Å²) in [7, 11) is 0. The number of likely N-dealkylation sites (tertiary alicyclic amines) is 1. The summed E-state index contributed by atoms with van der Waals surface area (Å²) in [6.07, 6.45) is 8.82. The maximum Gasteiger partial charge on any atom is 0.262 e. The maximum absolute atomic E-state index is 12.9. The summed E-state index contributed by atoms with van der Waals surface area (Å²) in [5, 5.41) is 0.985. The molecule has 2 aromatic heterocycles. The number of thioether (sulfide) groups is 1. The van der Waals surface area contributed by atoms with E-state index in [9.17, 15) is 4.79 Å². The molecule has 7 heteroatoms. The summed E-state index contributed by atoms with van der Waals surface area (Å²) >= 11 is 1.65. The van der Waals surface area contributed by atoms with Crippen molar-refractivity contribution in [2.45, 2.75) is 32.2 Å². The number of fused-ring (bicyclic) bond motifs is 1. The molecule has 0 radical (unpaired) electrons. The molecule has 24 heavy (non-hydrogen) atoms. The number of piperidine rings is 1. The van der Waals surface area contributed by atoms with E-state index in [2.05, 4.69) is 26.8 Å². The Kier molecular flexibility index (Phi) is 4.18. The van der Waals surface area contributed by atoms with Gasteiger partial charge in [-0.15, -0.1) is 11.8 Å². The van der Waals surface area contributed by atoms with E-state index >= 15 is 0 Å². The largest absolute Gasteiger partial charge is 0.346 e. The normalized spacial score (nSPS) is 21.9. The minimum atomic E-state index is 0.163. The molecule has 6 nitrogen and oxygen atoms in total. The smallest absolute Gasteiger partial charge is 0.262 e. The Morgan fingerprint density at radius 3 is 3.12 bits per heavy atom. The van der Waals surface area contributed by atoms with Gasteiger partial charge in [-0.25, -0.2) is 9.97 Å². The molecule has 1 atom stereocenters. The Morgan fingerprint density at radius 1 is 1.33 bits per heavy atom. The van der Waals surface area contributed by atoms with E-state index in [-0.39, 0.29) is 5.91 Å². The molecule has 4 heterocycles. The lowest BCUT2D eigenvalue weighted by atomic mass is 10.0. The van der Waals surface area contributed by atoms with Gasteiger partial charge in [0.15, 0.2) is 0 Å². The lowest BCUT2D eigenvalue weighted by Crippen LogP contribution is -2.43. The van der Waals surface area contributed by atoms with Crippen LogP contribution in [0.25, 0.3) is 11.0 Å². The summed E-state index contributed by atoms with van der Waals surface area (Å²) in [5.41, 5.74) is 0.823. The second-order valence-electron chi connectivity index (χ2n) is 6.32. The minimum absolute atomic E-state index is 0.163. The van der Waals surface area contributed by atoms with E-state index in [0.29, 0.717) is 6.04 Å². The molecule has 1 saturated heterocycles. The van der Waals surface area contributed by atoms with Gasteiger partial charge < -0.3 is 14.8 Å². The van der Waals surface area contributed by atoms with Crippen molar-refractivity contribution in [2.75, 3.05) is 23.7 Å². The highest BCUT2D eigenvalue weighted by molar-refractivity contribution is 8.04. The zero-order chi connectivity index (χ0) is 16.5. The molecular weight excluding hydrogens is 322 g/mol. The number of aromatic amines is 1. The van der Waals surface area contributed by atoms with Gasteiger partial charge >= 0.3 is 0 Å². The van der Waals surface area contributed by atoms with E-state index in [1.807, 2.05) is 23.4 Å². The first-order chi connectivity index (χ1) is 11.7. The van der Waals surface area contributed by atoms with Gasteiger partial charge in [-0.3, -0.25) is 4.79 Å². The van der Waals surface area contributed by atoms with Gasteiger partial charge in [0, 0.05) is 37.3 Å². The van der Waals surface area contributed by atoms with Crippen molar-refractivity contribution in [1.82, 2.24) is 19.9 Å². The number of rotatable bonds is 2. The Morgan fingerprint density at radius 2 is 2.25 bits per heavy atom. The van der Waals surface area contributed by atoms with Crippen molar-refractivity contribution in [2.24, 2.45) is 0 Å². The fourth-order valence-corrected chi connectivity index (χ4v) is 4.36. The third-order valence-corrected chi connectivity index (χ3v) is 5.72. The Labute approximate surface area is 145 Å². The molecular formula is C17H21N5OS. The number of H-pyrrole nitrogens is 1. The second-order valence-corrected chi connectivity index (χ2v) is 7.45. The first kappa shape index (κ1) is 15.5. The number of nitrogens with one attached hydrogen (secondary N) is 1. The molecule has 2 aliphatic rings. The van der Waals surface area contributed by atoms with Crippen LogP contribution in [0.1, 0.15) is 26.2 Å². The van der Waals surface area contributed by atoms with Crippen LogP contribution in [0.3, 0.4) is 0 Å². The zero-order valence-electron chi connectivity index (χ0n) is 13.7. The number of amides is 1. The molecule has 2 aromatic rings. The maximum atomic E-state index is 12.9. The number of nitrogens with zero attached hydrogens (tertiary/aromatic N) is 4. The highest BCUT2D eigenvalue weighted by Crippen LogP contribution is 2.31. The van der Waals surface area contributed by atoms with Crippen molar-refractivity contribution in [1.29, 1.82) is 0 Å². The van der Waals surface area contributed by atoms with Gasteiger partial charge in [-0.05, 0) is 32.3 Å². The highest BCUT2D eigenvalue weighted by atomic mass is 32.2. The average Bonchev–Trinajstić information content (AvgIpc) is 3.10. The van der Waals surface area contributed by atoms with Crippen molar-refractivity contribution in [3.63, 3.8) is 0 Å². The monoisotopic (exact) mass is 343 g/mol. The summed E-state index contributed by atoms with van der Waals surface area (Å²) in [6, 6.07) is 2.31. The van der Waals surface area contributed by atoms with Crippen LogP contribution >= 0.6 is 11.8 Å². The van der Waals surface area contributed by atoms with E-state index in [4.69, 9.17) is 0 Å². The van der Waals surface area contributed by atoms with Crippen LogP contribution in [0.2, 0.25) is 0 Å². The van der Waals surface area contributed by atoms with E-state index in [1.165, 1.54) is 6.42 Å². The van der Waals surface area contributed by atoms with Crippen molar-refractivity contribution in [3.05, 3.63) is 29.7 Å². The molecule has 0 unspecified atom stereocenters. The topological polar surface area (TPSA) is 65.1 Å². The van der Waals surface area contributed by atoms with Crippen LogP contribution < -0.4 is 4.90 Å². The van der Waals surface area contributed by atoms with E-state index < -0.39 is 0 Å². The van der Waals surface area contributed by atoms with Gasteiger partial charge in [0.2, 0.25) is 0 Å². The lowest BCUT2D eigenvalue weighted by Gasteiger charge is -2.35.